The van der Waals surface area contributed by atoms with Gasteiger partial charge in [-0.25, -0.2) is 0 Å². The zero-order chi connectivity index (χ0) is 9.56. The van der Waals surface area contributed by atoms with Crippen LogP contribution in [0.4, 0.5) is 0 Å². The molecule has 0 heterocycles. The molecule has 0 saturated heterocycles. The van der Waals surface area contributed by atoms with Crippen molar-refractivity contribution in [2.45, 2.75) is 20.0 Å². The molecule has 0 aromatic heterocycles. The Kier molecular flexibility index (Phi) is 4.88. The summed E-state index contributed by atoms with van der Waals surface area (Å²) in [5, 5.41) is 25.4. The molecule has 0 radical (unpaired) electrons. The van der Waals surface area contributed by atoms with E-state index in [1.807, 2.05) is 0 Å². The van der Waals surface area contributed by atoms with Crippen LogP contribution in [0.2, 0.25) is 0 Å². The summed E-state index contributed by atoms with van der Waals surface area (Å²) in [6.45, 7) is 3.44. The molecule has 12 heavy (non-hydrogen) atoms. The highest BCUT2D eigenvalue weighted by molar-refractivity contribution is 5.30. The number of benzene rings is 1. The summed E-state index contributed by atoms with van der Waals surface area (Å²) in [6, 6.07) is 5.85. The van der Waals surface area contributed by atoms with Crippen LogP contribution < -0.4 is 0 Å². The van der Waals surface area contributed by atoms with Crippen molar-refractivity contribution in [3.8, 4) is 11.5 Å². The van der Waals surface area contributed by atoms with Gasteiger partial charge in [0.2, 0.25) is 0 Å². The van der Waals surface area contributed by atoms with Crippen molar-refractivity contribution < 1.29 is 15.3 Å². The van der Waals surface area contributed by atoms with Gasteiger partial charge in [-0.2, -0.15) is 0 Å². The molecular formula is C9H14O3. The van der Waals surface area contributed by atoms with E-state index >= 15 is 0 Å². The maximum atomic E-state index is 8.65. The Balaban J connectivity index is 0.000000261. The zero-order valence-corrected chi connectivity index (χ0v) is 7.23. The van der Waals surface area contributed by atoms with Crippen molar-refractivity contribution in [1.82, 2.24) is 0 Å². The number of phenols is 2. The van der Waals surface area contributed by atoms with Gasteiger partial charge in [-0.05, 0) is 26.0 Å². The molecule has 0 aliphatic carbocycles. The molecule has 0 atom stereocenters. The predicted molar refractivity (Wildman–Crippen MR) is 47.1 cm³/mol. The number of aliphatic hydroxyl groups excluding tert-OH is 1. The largest absolute Gasteiger partial charge is 0.508 e. The molecule has 68 valence electrons. The van der Waals surface area contributed by atoms with Crippen molar-refractivity contribution in [2.75, 3.05) is 0 Å². The Morgan fingerprint density at radius 2 is 1.42 bits per heavy atom. The van der Waals surface area contributed by atoms with E-state index in [0.717, 1.165) is 0 Å². The van der Waals surface area contributed by atoms with Gasteiger partial charge in [-0.1, -0.05) is 6.07 Å². The summed E-state index contributed by atoms with van der Waals surface area (Å²) < 4.78 is 0. The second-order valence-electron chi connectivity index (χ2n) is 2.61. The van der Waals surface area contributed by atoms with Crippen LogP contribution in [0.15, 0.2) is 24.3 Å². The lowest BCUT2D eigenvalue weighted by atomic mass is 10.3. The second kappa shape index (κ2) is 5.43. The lowest BCUT2D eigenvalue weighted by Crippen LogP contribution is -1.85. The third kappa shape index (κ3) is 6.89. The van der Waals surface area contributed by atoms with Gasteiger partial charge in [-0.15, -0.1) is 0 Å². The minimum absolute atomic E-state index is 0.0880. The molecule has 0 aliphatic heterocycles. The van der Waals surface area contributed by atoms with Crippen LogP contribution in [0.3, 0.4) is 0 Å². The van der Waals surface area contributed by atoms with E-state index in [2.05, 4.69) is 0 Å². The number of hydrogen-bond acceptors (Lipinski definition) is 3. The van der Waals surface area contributed by atoms with Crippen LogP contribution in [0.5, 0.6) is 11.5 Å². The SMILES string of the molecule is CC(C)O.Oc1cccc(O)c1. The monoisotopic (exact) mass is 170 g/mol. The lowest BCUT2D eigenvalue weighted by molar-refractivity contribution is 0.216. The smallest absolute Gasteiger partial charge is 0.119 e. The summed E-state index contributed by atoms with van der Waals surface area (Å²) in [5.41, 5.74) is 0. The molecule has 3 nitrogen and oxygen atoms in total. The fraction of sp³-hybridized carbons (Fsp3) is 0.333. The number of rotatable bonds is 0. The summed E-state index contributed by atoms with van der Waals surface area (Å²) in [5.74, 6) is 0.176. The van der Waals surface area contributed by atoms with Gasteiger partial charge in [0.1, 0.15) is 11.5 Å². The van der Waals surface area contributed by atoms with Gasteiger partial charge < -0.3 is 15.3 Å². The molecule has 0 bridgehead atoms. The van der Waals surface area contributed by atoms with Gasteiger partial charge in [0.25, 0.3) is 0 Å². The molecule has 3 heteroatoms. The van der Waals surface area contributed by atoms with Gasteiger partial charge in [0, 0.05) is 12.2 Å². The van der Waals surface area contributed by atoms with Crippen molar-refractivity contribution in [3.05, 3.63) is 24.3 Å². The van der Waals surface area contributed by atoms with E-state index in [0.29, 0.717) is 0 Å². The highest BCUT2D eigenvalue weighted by atomic mass is 16.3. The summed E-state index contributed by atoms with van der Waals surface area (Å²) in [4.78, 5) is 0. The van der Waals surface area contributed by atoms with Gasteiger partial charge in [-0.3, -0.25) is 0 Å². The van der Waals surface area contributed by atoms with E-state index in [9.17, 15) is 0 Å². The number of phenolic OH excluding ortho intramolecular Hbond substituents is 2. The first-order chi connectivity index (χ1) is 5.52. The molecule has 0 saturated carbocycles. The number of hydrogen-bond donors (Lipinski definition) is 3. The highest BCUT2D eigenvalue weighted by Crippen LogP contribution is 2.14. The summed E-state index contributed by atoms with van der Waals surface area (Å²) in [6.07, 6.45) is -0.167. The Bertz CT molecular complexity index is 201. The topological polar surface area (TPSA) is 60.7 Å². The highest BCUT2D eigenvalue weighted by Gasteiger charge is 1.85. The Morgan fingerprint density at radius 3 is 1.58 bits per heavy atom. The van der Waals surface area contributed by atoms with Crippen LogP contribution in [0, 0.1) is 0 Å². The molecule has 1 aromatic carbocycles. The van der Waals surface area contributed by atoms with Crippen LogP contribution in [0.1, 0.15) is 13.8 Å². The molecule has 0 fully saturated rings. The molecular weight excluding hydrogens is 156 g/mol. The standard InChI is InChI=1S/C6H6O2.C3H8O/c7-5-2-1-3-6(8)4-5;1-3(2)4/h1-4,7-8H;3-4H,1-2H3. The quantitative estimate of drug-likeness (QED) is 0.552. The summed E-state index contributed by atoms with van der Waals surface area (Å²) in [7, 11) is 0. The lowest BCUT2D eigenvalue weighted by Gasteiger charge is -1.89. The Hall–Kier alpha value is -1.22. The van der Waals surface area contributed by atoms with E-state index in [1.165, 1.54) is 18.2 Å². The molecule has 0 unspecified atom stereocenters. The van der Waals surface area contributed by atoms with Crippen LogP contribution in [0.25, 0.3) is 0 Å². The molecule has 0 spiro atoms. The fourth-order valence-electron chi connectivity index (χ4n) is 0.493. The third-order valence-electron chi connectivity index (χ3n) is 0.830. The zero-order valence-electron chi connectivity index (χ0n) is 7.23. The maximum Gasteiger partial charge on any atom is 0.119 e. The van der Waals surface area contributed by atoms with Gasteiger partial charge in [0.15, 0.2) is 0 Å². The third-order valence-corrected chi connectivity index (χ3v) is 0.830. The average Bonchev–Trinajstić information content (AvgIpc) is 1.84. The van der Waals surface area contributed by atoms with E-state index in [1.54, 1.807) is 19.9 Å². The normalized spacial score (nSPS) is 9.00. The predicted octanol–water partition coefficient (Wildman–Crippen LogP) is 1.48. The first kappa shape index (κ1) is 10.8. The molecule has 0 aliphatic rings. The Morgan fingerprint density at radius 1 is 1.08 bits per heavy atom. The van der Waals surface area contributed by atoms with E-state index in [-0.39, 0.29) is 17.6 Å². The van der Waals surface area contributed by atoms with E-state index < -0.39 is 0 Å². The number of aromatic hydroxyl groups is 2. The minimum atomic E-state index is -0.167. The molecule has 1 rings (SSSR count). The summed E-state index contributed by atoms with van der Waals surface area (Å²) >= 11 is 0. The molecule has 0 amide bonds. The van der Waals surface area contributed by atoms with Gasteiger partial charge >= 0.3 is 0 Å². The first-order valence-electron chi connectivity index (χ1n) is 3.68. The van der Waals surface area contributed by atoms with Crippen molar-refractivity contribution in [2.24, 2.45) is 0 Å². The molecule has 1 aromatic rings. The average molecular weight is 170 g/mol. The maximum absolute atomic E-state index is 8.65. The molecule has 3 N–H and O–H groups in total. The van der Waals surface area contributed by atoms with Crippen LogP contribution in [-0.4, -0.2) is 21.4 Å². The van der Waals surface area contributed by atoms with Gasteiger partial charge in [0.05, 0.1) is 0 Å². The Labute approximate surface area is 71.9 Å². The van der Waals surface area contributed by atoms with E-state index in [4.69, 9.17) is 15.3 Å². The fourth-order valence-corrected chi connectivity index (χ4v) is 0.493. The first-order valence-corrected chi connectivity index (χ1v) is 3.68. The van der Waals surface area contributed by atoms with Crippen LogP contribution >= 0.6 is 0 Å². The van der Waals surface area contributed by atoms with Crippen molar-refractivity contribution in [1.29, 1.82) is 0 Å². The number of aliphatic hydroxyl groups is 1. The van der Waals surface area contributed by atoms with Crippen LogP contribution in [-0.2, 0) is 0 Å². The second-order valence-corrected chi connectivity index (χ2v) is 2.61. The van der Waals surface area contributed by atoms with Crippen molar-refractivity contribution in [3.63, 3.8) is 0 Å². The minimum Gasteiger partial charge on any atom is -0.508 e. The van der Waals surface area contributed by atoms with Crippen molar-refractivity contribution >= 4 is 0 Å².